The van der Waals surface area contributed by atoms with Crippen molar-refractivity contribution in [2.45, 2.75) is 95.8 Å². The van der Waals surface area contributed by atoms with Gasteiger partial charge in [-0.05, 0) is 0 Å². The average Bonchev–Trinajstić information content (AvgIpc) is 2.93. The number of rotatable bonds is 11. The van der Waals surface area contributed by atoms with E-state index in [0.29, 0.717) is 0 Å². The second kappa shape index (κ2) is 15.5. The van der Waals surface area contributed by atoms with Gasteiger partial charge in [0.1, 0.15) is 0 Å². The molecule has 60 heavy (non-hydrogen) atoms. The molecule has 0 heterocycles. The van der Waals surface area contributed by atoms with Crippen LogP contribution >= 0.6 is 0 Å². The minimum Gasteiger partial charge on any atom is -0.272 e. The first-order valence-corrected chi connectivity index (χ1v) is 14.9. The molecule has 0 saturated heterocycles. The van der Waals surface area contributed by atoms with Gasteiger partial charge in [0.15, 0.2) is 0 Å². The Balaban J connectivity index is -0.000000915. The van der Waals surface area contributed by atoms with Crippen molar-refractivity contribution in [3.8, 4) is 0 Å². The topological polar surface area (TPSA) is 109 Å². The van der Waals surface area contributed by atoms with Crippen molar-refractivity contribution in [1.29, 1.82) is 0 Å². The van der Waals surface area contributed by atoms with Gasteiger partial charge >= 0.3 is 114 Å². The Hall–Kier alpha value is -2.70. The molecule has 0 fully saturated rings. The molecule has 44 heteroatoms. The molecule has 6 nitrogen and oxygen atoms in total. The van der Waals surface area contributed by atoms with E-state index in [1.165, 1.54) is 0 Å². The maximum absolute atomic E-state index is 12.8. The molecule has 0 radical (unpaired) electrons. The standard InChI is InChI=1S/2C8F18.H2O6S2/c2*9-1(10,3(13,14)5(17,18)7(21,22)23)2(11,12)4(15,16)6(19,20)8(24,25)26;1-7(2,3)8(4,5)6/h;;(H,1,2,3)(H,4,5,6). The second-order valence-corrected chi connectivity index (χ2v) is 14.0. The van der Waals surface area contributed by atoms with E-state index in [0.717, 1.165) is 0 Å². The predicted octanol–water partition coefficient (Wildman–Crippen LogP) is 10.5. The van der Waals surface area contributed by atoms with Gasteiger partial charge in [-0.15, -0.1) is 0 Å². The Morgan fingerprint density at radius 2 is 0.250 bits per heavy atom. The van der Waals surface area contributed by atoms with Crippen LogP contribution in [0, 0.1) is 0 Å². The third-order valence-electron chi connectivity index (χ3n) is 5.63. The summed E-state index contributed by atoms with van der Waals surface area (Å²) in [5.41, 5.74) is 0. The number of hydrogen-bond acceptors (Lipinski definition) is 4. The lowest BCUT2D eigenvalue weighted by atomic mass is 9.91. The fraction of sp³-hybridized carbons (Fsp3) is 1.00. The van der Waals surface area contributed by atoms with Crippen molar-refractivity contribution in [3.63, 3.8) is 0 Å². The summed E-state index contributed by atoms with van der Waals surface area (Å²) < 4.78 is 494. The molecule has 0 aliphatic heterocycles. The second-order valence-electron chi connectivity index (χ2n) is 9.74. The van der Waals surface area contributed by atoms with E-state index in [1.807, 2.05) is 0 Å². The Kier molecular flexibility index (Phi) is 15.9. The number of halogens is 36. The summed E-state index contributed by atoms with van der Waals surface area (Å²) in [7, 11) is -10.6. The minimum absolute atomic E-state index is 5.31. The Labute approximate surface area is 299 Å². The zero-order valence-corrected chi connectivity index (χ0v) is 26.6. The molecule has 0 amide bonds. The summed E-state index contributed by atoms with van der Waals surface area (Å²) in [5.74, 6) is -102. The first-order valence-electron chi connectivity index (χ1n) is 11.5. The van der Waals surface area contributed by atoms with E-state index in [-0.39, 0.29) is 0 Å². The van der Waals surface area contributed by atoms with Gasteiger partial charge in [0.05, 0.1) is 0 Å². The third-order valence-corrected chi connectivity index (χ3v) is 7.76. The van der Waals surface area contributed by atoms with Crippen molar-refractivity contribution in [2.24, 2.45) is 0 Å². The molecular formula is C16H2F36O6S2. The Morgan fingerprint density at radius 3 is 0.300 bits per heavy atom. The van der Waals surface area contributed by atoms with E-state index in [1.54, 1.807) is 0 Å². The van der Waals surface area contributed by atoms with Crippen LogP contribution in [0.25, 0.3) is 0 Å². The summed E-state index contributed by atoms with van der Waals surface area (Å²) >= 11 is 0. The van der Waals surface area contributed by atoms with Gasteiger partial charge < -0.3 is 0 Å². The van der Waals surface area contributed by atoms with E-state index in [2.05, 4.69) is 0 Å². The molecule has 0 unspecified atom stereocenters. The number of alkyl halides is 36. The van der Waals surface area contributed by atoms with Crippen molar-refractivity contribution in [3.05, 3.63) is 0 Å². The van der Waals surface area contributed by atoms with Crippen molar-refractivity contribution in [1.82, 2.24) is 0 Å². The molecule has 0 aromatic heterocycles. The van der Waals surface area contributed by atoms with Gasteiger partial charge in [0, 0.05) is 0 Å². The molecule has 0 aliphatic rings. The van der Waals surface area contributed by atoms with E-state index < -0.39 is 114 Å². The molecule has 0 aromatic rings. The fourth-order valence-electron chi connectivity index (χ4n) is 2.29. The van der Waals surface area contributed by atoms with Crippen LogP contribution in [0.5, 0.6) is 0 Å². The van der Waals surface area contributed by atoms with Crippen LogP contribution in [0.1, 0.15) is 0 Å². The average molecular weight is 1040 g/mol. The van der Waals surface area contributed by atoms with Gasteiger partial charge in [-0.1, -0.05) is 0 Å². The summed E-state index contributed by atoms with van der Waals surface area (Å²) in [6.45, 7) is 0. The summed E-state index contributed by atoms with van der Waals surface area (Å²) in [4.78, 5) is 0. The highest BCUT2D eigenvalue weighted by molar-refractivity contribution is 8.62. The molecule has 0 aliphatic carbocycles. The molecule has 0 atom stereocenters. The lowest BCUT2D eigenvalue weighted by molar-refractivity contribution is -0.468. The maximum atomic E-state index is 12.8. The van der Waals surface area contributed by atoms with Gasteiger partial charge in [0.2, 0.25) is 0 Å². The van der Waals surface area contributed by atoms with Crippen LogP contribution in [-0.4, -0.2) is 122 Å². The molecule has 0 spiro atoms. The Morgan fingerprint density at radius 1 is 0.183 bits per heavy atom. The van der Waals surface area contributed by atoms with Gasteiger partial charge in [-0.2, -0.15) is 175 Å². The zero-order valence-electron chi connectivity index (χ0n) is 25.0. The highest BCUT2D eigenvalue weighted by Gasteiger charge is 2.97. The monoisotopic (exact) mass is 1040 g/mol. The molecule has 0 saturated carbocycles. The summed E-state index contributed by atoms with van der Waals surface area (Å²) in [6.07, 6.45) is -31.2. The fourth-order valence-corrected chi connectivity index (χ4v) is 2.29. The normalized spacial score (nSPS) is 16.4. The lowest BCUT2D eigenvalue weighted by Gasteiger charge is -2.41. The van der Waals surface area contributed by atoms with Gasteiger partial charge in [-0.25, -0.2) is 0 Å². The SMILES string of the molecule is FC(F)(F)C(F)(F)C(F)(F)C(F)(F)C(F)(F)C(F)(F)C(F)(F)C(F)(F)F.FC(F)(F)C(F)(F)C(F)(F)C(F)(F)C(F)(F)C(F)(F)C(F)(F)C(F)(F)F.O=S(=O)(O)S(=O)(=O)O. The molecule has 0 aromatic carbocycles. The van der Waals surface area contributed by atoms with Crippen LogP contribution in [0.2, 0.25) is 0 Å². The van der Waals surface area contributed by atoms with E-state index in [9.17, 15) is 175 Å². The van der Waals surface area contributed by atoms with Crippen molar-refractivity contribution < 1.29 is 184 Å². The first kappa shape index (κ1) is 61.6. The smallest absolute Gasteiger partial charge is 0.272 e. The largest absolute Gasteiger partial charge is 0.460 e. The lowest BCUT2D eigenvalue weighted by Crippen LogP contribution is -2.74. The summed E-state index contributed by atoms with van der Waals surface area (Å²) in [6, 6.07) is 0. The molecule has 366 valence electrons. The predicted molar refractivity (Wildman–Crippen MR) is 107 cm³/mol. The van der Waals surface area contributed by atoms with Crippen LogP contribution in [0.4, 0.5) is 158 Å². The van der Waals surface area contributed by atoms with Crippen LogP contribution in [0.15, 0.2) is 0 Å². The van der Waals surface area contributed by atoms with Crippen LogP contribution in [0.3, 0.4) is 0 Å². The summed E-state index contributed by atoms with van der Waals surface area (Å²) in [5, 5.41) is 0. The number of hydrogen-bond donors (Lipinski definition) is 2. The van der Waals surface area contributed by atoms with Gasteiger partial charge in [0.25, 0.3) is 0 Å². The third kappa shape index (κ3) is 9.32. The van der Waals surface area contributed by atoms with E-state index >= 15 is 0 Å². The minimum atomic E-state index is -8.72. The molecular weight excluding hydrogens is 1040 g/mol. The molecule has 0 rings (SSSR count). The van der Waals surface area contributed by atoms with E-state index in [4.69, 9.17) is 9.11 Å². The molecule has 0 bridgehead atoms. The highest BCUT2D eigenvalue weighted by atomic mass is 33.2. The van der Waals surface area contributed by atoms with Crippen LogP contribution < -0.4 is 0 Å². The zero-order chi connectivity index (χ0) is 51.0. The Bertz CT molecular complexity index is 1490. The maximum Gasteiger partial charge on any atom is 0.460 e. The van der Waals surface area contributed by atoms with Crippen molar-refractivity contribution >= 4 is 18.3 Å². The highest BCUT2D eigenvalue weighted by Crippen LogP contribution is 2.66. The molecule has 2 N–H and O–H groups in total. The van der Waals surface area contributed by atoms with Gasteiger partial charge in [-0.3, -0.25) is 9.11 Å². The van der Waals surface area contributed by atoms with Crippen LogP contribution in [-0.2, 0) is 18.3 Å². The first-order chi connectivity index (χ1) is 24.8. The quantitative estimate of drug-likeness (QED) is 0.121. The van der Waals surface area contributed by atoms with Crippen molar-refractivity contribution in [2.75, 3.05) is 0 Å².